The Morgan fingerprint density at radius 2 is 2.50 bits per heavy atom. The van der Waals surface area contributed by atoms with Gasteiger partial charge in [-0.25, -0.2) is 0 Å². The zero-order chi connectivity index (χ0) is 9.97. The van der Waals surface area contributed by atoms with E-state index in [-0.39, 0.29) is 6.04 Å². The van der Waals surface area contributed by atoms with Crippen LogP contribution in [0.15, 0.2) is 9.90 Å². The van der Waals surface area contributed by atoms with Crippen LogP contribution in [0.4, 0.5) is 0 Å². The van der Waals surface area contributed by atoms with Crippen LogP contribution in [-0.2, 0) is 6.42 Å². The topological polar surface area (TPSA) is 90.7 Å². The first-order chi connectivity index (χ1) is 6.75. The second kappa shape index (κ2) is 3.81. The maximum atomic E-state index is 5.60. The molecule has 0 saturated heterocycles. The van der Waals surface area contributed by atoms with Crippen molar-refractivity contribution in [2.45, 2.75) is 19.4 Å². The van der Waals surface area contributed by atoms with E-state index >= 15 is 0 Å². The van der Waals surface area contributed by atoms with E-state index in [1.54, 1.807) is 5.38 Å². The highest BCUT2D eigenvalue weighted by Crippen LogP contribution is 2.14. The van der Waals surface area contributed by atoms with Crippen molar-refractivity contribution in [2.24, 2.45) is 5.73 Å². The van der Waals surface area contributed by atoms with Gasteiger partial charge in [0.25, 0.3) is 5.89 Å². The van der Waals surface area contributed by atoms with Gasteiger partial charge in [-0.3, -0.25) is 0 Å². The molecule has 2 heterocycles. The van der Waals surface area contributed by atoms with Crippen molar-refractivity contribution < 1.29 is 4.52 Å². The summed E-state index contributed by atoms with van der Waals surface area (Å²) < 4.78 is 8.71. The summed E-state index contributed by atoms with van der Waals surface area (Å²) in [6.45, 7) is 1.89. The van der Waals surface area contributed by atoms with E-state index in [2.05, 4.69) is 19.7 Å². The van der Waals surface area contributed by atoms with Crippen LogP contribution in [0.3, 0.4) is 0 Å². The van der Waals surface area contributed by atoms with Gasteiger partial charge in [-0.05, 0) is 18.5 Å². The Kier molecular flexibility index (Phi) is 2.51. The van der Waals surface area contributed by atoms with E-state index in [0.29, 0.717) is 23.8 Å². The SMILES string of the molecule is CC(N)Cc1noc(-c2csnn2)n1. The first kappa shape index (κ1) is 9.22. The summed E-state index contributed by atoms with van der Waals surface area (Å²) in [6, 6.07) is 0.0222. The van der Waals surface area contributed by atoms with Gasteiger partial charge in [-0.2, -0.15) is 4.98 Å². The monoisotopic (exact) mass is 211 g/mol. The molecule has 2 N–H and O–H groups in total. The quantitative estimate of drug-likeness (QED) is 0.793. The van der Waals surface area contributed by atoms with E-state index in [1.807, 2.05) is 6.92 Å². The first-order valence-corrected chi connectivity index (χ1v) is 4.95. The molecule has 0 spiro atoms. The molecule has 0 amide bonds. The van der Waals surface area contributed by atoms with Crippen LogP contribution in [0, 0.1) is 0 Å². The molecule has 2 rings (SSSR count). The summed E-state index contributed by atoms with van der Waals surface area (Å²) in [5, 5.41) is 9.36. The Morgan fingerprint density at radius 1 is 1.64 bits per heavy atom. The van der Waals surface area contributed by atoms with Crippen molar-refractivity contribution in [3.63, 3.8) is 0 Å². The molecule has 7 heteroatoms. The average molecular weight is 211 g/mol. The lowest BCUT2D eigenvalue weighted by Gasteiger charge is -1.96. The number of nitrogens with two attached hydrogens (primary N) is 1. The number of aromatic nitrogens is 4. The molecule has 0 aliphatic heterocycles. The van der Waals surface area contributed by atoms with E-state index < -0.39 is 0 Å². The Labute approximate surface area is 84.3 Å². The second-order valence-corrected chi connectivity index (χ2v) is 3.60. The molecule has 0 aliphatic rings. The standard InChI is InChI=1S/C7H9N5OS/c1-4(8)2-6-9-7(13-11-6)5-3-14-12-10-5/h3-4H,2,8H2,1H3. The lowest BCUT2D eigenvalue weighted by Crippen LogP contribution is -2.18. The minimum atomic E-state index is 0.0222. The molecule has 0 aliphatic carbocycles. The molecular weight excluding hydrogens is 202 g/mol. The largest absolute Gasteiger partial charge is 0.332 e. The molecule has 0 fully saturated rings. The van der Waals surface area contributed by atoms with Gasteiger partial charge in [-0.15, -0.1) is 5.10 Å². The Hall–Kier alpha value is -1.34. The lowest BCUT2D eigenvalue weighted by atomic mass is 10.2. The highest BCUT2D eigenvalue weighted by atomic mass is 32.1. The molecule has 2 aromatic heterocycles. The van der Waals surface area contributed by atoms with E-state index in [4.69, 9.17) is 10.3 Å². The molecular formula is C7H9N5OS. The van der Waals surface area contributed by atoms with Crippen molar-refractivity contribution in [2.75, 3.05) is 0 Å². The molecule has 6 nitrogen and oxygen atoms in total. The summed E-state index contributed by atoms with van der Waals surface area (Å²) in [5.74, 6) is 0.998. The van der Waals surface area contributed by atoms with Crippen LogP contribution in [0.25, 0.3) is 11.6 Å². The van der Waals surface area contributed by atoms with Crippen LogP contribution in [0.1, 0.15) is 12.7 Å². The normalized spacial score (nSPS) is 13.0. The molecule has 14 heavy (non-hydrogen) atoms. The molecule has 2 aromatic rings. The van der Waals surface area contributed by atoms with Crippen LogP contribution in [-0.4, -0.2) is 25.8 Å². The molecule has 0 aromatic carbocycles. The van der Waals surface area contributed by atoms with Gasteiger partial charge in [-0.1, -0.05) is 9.64 Å². The Morgan fingerprint density at radius 3 is 3.14 bits per heavy atom. The van der Waals surface area contributed by atoms with Gasteiger partial charge in [0.05, 0.1) is 0 Å². The fourth-order valence-electron chi connectivity index (χ4n) is 0.987. The molecule has 0 bridgehead atoms. The number of nitrogens with zero attached hydrogens (tertiary/aromatic N) is 4. The summed E-state index contributed by atoms with van der Waals surface area (Å²) >= 11 is 1.24. The lowest BCUT2D eigenvalue weighted by molar-refractivity contribution is 0.419. The first-order valence-electron chi connectivity index (χ1n) is 4.11. The maximum Gasteiger partial charge on any atom is 0.279 e. The number of rotatable bonds is 3. The highest BCUT2D eigenvalue weighted by Gasteiger charge is 2.11. The third kappa shape index (κ3) is 1.94. The smallest absolute Gasteiger partial charge is 0.279 e. The molecule has 1 unspecified atom stereocenters. The van der Waals surface area contributed by atoms with E-state index in [1.165, 1.54) is 11.5 Å². The van der Waals surface area contributed by atoms with Gasteiger partial charge in [0.1, 0.15) is 0 Å². The zero-order valence-corrected chi connectivity index (χ0v) is 8.36. The molecule has 74 valence electrons. The van der Waals surface area contributed by atoms with Crippen molar-refractivity contribution in [1.82, 2.24) is 19.7 Å². The van der Waals surface area contributed by atoms with Crippen molar-refractivity contribution >= 4 is 11.5 Å². The number of hydrogen-bond donors (Lipinski definition) is 1. The predicted molar refractivity (Wildman–Crippen MR) is 50.6 cm³/mol. The van der Waals surface area contributed by atoms with Gasteiger partial charge in [0.2, 0.25) is 0 Å². The summed E-state index contributed by atoms with van der Waals surface area (Å²) in [4.78, 5) is 4.14. The van der Waals surface area contributed by atoms with E-state index in [9.17, 15) is 0 Å². The Bertz CT molecular complexity index is 396. The highest BCUT2D eigenvalue weighted by molar-refractivity contribution is 7.03. The molecule has 0 saturated carbocycles. The van der Waals surface area contributed by atoms with Gasteiger partial charge in [0, 0.05) is 17.8 Å². The summed E-state index contributed by atoms with van der Waals surface area (Å²) in [7, 11) is 0. The van der Waals surface area contributed by atoms with Gasteiger partial charge < -0.3 is 10.3 Å². The predicted octanol–water partition coefficient (Wildman–Crippen LogP) is 0.478. The van der Waals surface area contributed by atoms with Crippen molar-refractivity contribution in [3.8, 4) is 11.6 Å². The van der Waals surface area contributed by atoms with Crippen LogP contribution < -0.4 is 5.73 Å². The van der Waals surface area contributed by atoms with Crippen molar-refractivity contribution in [1.29, 1.82) is 0 Å². The second-order valence-electron chi connectivity index (χ2n) is 2.99. The minimum Gasteiger partial charge on any atom is -0.332 e. The molecule has 1 atom stereocenters. The van der Waals surface area contributed by atoms with Gasteiger partial charge >= 0.3 is 0 Å². The maximum absolute atomic E-state index is 5.60. The minimum absolute atomic E-state index is 0.0222. The fraction of sp³-hybridized carbons (Fsp3) is 0.429. The van der Waals surface area contributed by atoms with Crippen LogP contribution in [0.2, 0.25) is 0 Å². The Balaban J connectivity index is 2.18. The number of hydrogen-bond acceptors (Lipinski definition) is 7. The fourth-order valence-corrected chi connectivity index (χ4v) is 1.42. The molecule has 0 radical (unpaired) electrons. The summed E-state index contributed by atoms with van der Waals surface area (Å²) in [5.41, 5.74) is 6.21. The third-order valence-corrected chi connectivity index (χ3v) is 2.06. The third-order valence-electron chi connectivity index (χ3n) is 1.55. The summed E-state index contributed by atoms with van der Waals surface area (Å²) in [6.07, 6.45) is 0.598. The van der Waals surface area contributed by atoms with Crippen LogP contribution in [0.5, 0.6) is 0 Å². The van der Waals surface area contributed by atoms with Crippen LogP contribution >= 0.6 is 11.5 Å². The van der Waals surface area contributed by atoms with E-state index in [0.717, 1.165) is 0 Å². The average Bonchev–Trinajstić information content (AvgIpc) is 2.69. The van der Waals surface area contributed by atoms with Crippen molar-refractivity contribution in [3.05, 3.63) is 11.2 Å². The zero-order valence-electron chi connectivity index (χ0n) is 7.54. The van der Waals surface area contributed by atoms with Gasteiger partial charge in [0.15, 0.2) is 11.5 Å².